The average molecular weight is 390 g/mol. The van der Waals surface area contributed by atoms with E-state index in [4.69, 9.17) is 4.74 Å². The van der Waals surface area contributed by atoms with Crippen LogP contribution in [0.4, 0.5) is 17.3 Å². The first kappa shape index (κ1) is 20.3. The van der Waals surface area contributed by atoms with E-state index in [2.05, 4.69) is 20.6 Å². The fourth-order valence-electron chi connectivity index (χ4n) is 3.12. The van der Waals surface area contributed by atoms with Gasteiger partial charge >= 0.3 is 0 Å². The highest BCUT2D eigenvalue weighted by atomic mass is 16.5. The Bertz CT molecular complexity index is 991. The zero-order valence-corrected chi connectivity index (χ0v) is 17.4. The highest BCUT2D eigenvalue weighted by Crippen LogP contribution is 2.27. The Kier molecular flexibility index (Phi) is 6.12. The lowest BCUT2D eigenvalue weighted by atomic mass is 10.0. The molecule has 0 atom stereocenters. The molecular formula is C23H26N4O2. The summed E-state index contributed by atoms with van der Waals surface area (Å²) in [6.45, 7) is 9.94. The Morgan fingerprint density at radius 3 is 2.24 bits per heavy atom. The van der Waals surface area contributed by atoms with Crippen LogP contribution in [0.1, 0.15) is 40.9 Å². The number of carbonyl (C=O) groups is 1. The Labute approximate surface area is 171 Å². The average Bonchev–Trinajstić information content (AvgIpc) is 2.66. The number of aryl methyl sites for hydroxylation is 3. The summed E-state index contributed by atoms with van der Waals surface area (Å²) in [5.41, 5.74) is 5.20. The smallest absolute Gasteiger partial charge is 0.258 e. The number of ether oxygens (including phenoxy) is 1. The molecule has 0 fully saturated rings. The summed E-state index contributed by atoms with van der Waals surface area (Å²) in [5, 5.41) is 6.10. The lowest BCUT2D eigenvalue weighted by Gasteiger charge is -2.15. The number of hydrogen-bond donors (Lipinski definition) is 2. The summed E-state index contributed by atoms with van der Waals surface area (Å²) >= 11 is 0. The molecule has 0 unspecified atom stereocenters. The molecule has 6 heteroatoms. The van der Waals surface area contributed by atoms with E-state index in [9.17, 15) is 4.79 Å². The largest absolute Gasteiger partial charge is 0.489 e. The monoisotopic (exact) mass is 390 g/mol. The maximum absolute atomic E-state index is 12.6. The number of para-hydroxylation sites is 2. The normalized spacial score (nSPS) is 10.7. The quantitative estimate of drug-likeness (QED) is 0.606. The second-order valence-electron chi connectivity index (χ2n) is 7.31. The van der Waals surface area contributed by atoms with Gasteiger partial charge in [0.25, 0.3) is 5.91 Å². The van der Waals surface area contributed by atoms with Gasteiger partial charge in [0.1, 0.15) is 5.75 Å². The molecule has 1 amide bonds. The summed E-state index contributed by atoms with van der Waals surface area (Å²) in [6.07, 6.45) is 3.07. The van der Waals surface area contributed by atoms with Gasteiger partial charge in [-0.05, 0) is 57.9 Å². The molecular weight excluding hydrogens is 364 g/mol. The van der Waals surface area contributed by atoms with Crippen LogP contribution in [0.3, 0.4) is 0 Å². The summed E-state index contributed by atoms with van der Waals surface area (Å²) in [6, 6.07) is 11.7. The second-order valence-corrected chi connectivity index (χ2v) is 7.31. The van der Waals surface area contributed by atoms with Crippen LogP contribution in [0.15, 0.2) is 48.8 Å². The van der Waals surface area contributed by atoms with Crippen molar-refractivity contribution in [1.29, 1.82) is 0 Å². The van der Waals surface area contributed by atoms with Crippen molar-refractivity contribution < 1.29 is 9.53 Å². The van der Waals surface area contributed by atoms with Gasteiger partial charge < -0.3 is 15.4 Å². The predicted molar refractivity (Wildman–Crippen MR) is 116 cm³/mol. The van der Waals surface area contributed by atoms with Crippen molar-refractivity contribution in [2.75, 3.05) is 10.6 Å². The maximum atomic E-state index is 12.6. The second kappa shape index (κ2) is 8.73. The molecule has 0 saturated carbocycles. The molecule has 1 aromatic heterocycles. The van der Waals surface area contributed by atoms with Gasteiger partial charge in [0.15, 0.2) is 0 Å². The van der Waals surface area contributed by atoms with Gasteiger partial charge in [-0.15, -0.1) is 0 Å². The summed E-state index contributed by atoms with van der Waals surface area (Å²) in [4.78, 5) is 21.2. The number of anilines is 3. The zero-order chi connectivity index (χ0) is 21.0. The number of amides is 1. The molecule has 0 spiro atoms. The standard InChI is InChI=1S/C23H26N4O2/c1-14(2)29-20-9-7-6-8-19(20)26-23-24-12-18(13-25-23)22(28)27-21-16(4)10-15(3)11-17(21)5/h6-14H,1-5H3,(H,27,28)(H,24,25,26). The SMILES string of the molecule is Cc1cc(C)c(NC(=O)c2cnc(Nc3ccccc3OC(C)C)nc2)c(C)c1. The minimum absolute atomic E-state index is 0.0543. The highest BCUT2D eigenvalue weighted by Gasteiger charge is 2.12. The van der Waals surface area contributed by atoms with Crippen LogP contribution < -0.4 is 15.4 Å². The fraction of sp³-hybridized carbons (Fsp3) is 0.261. The number of benzene rings is 2. The summed E-state index contributed by atoms with van der Waals surface area (Å²) in [7, 11) is 0. The topological polar surface area (TPSA) is 76.1 Å². The van der Waals surface area contributed by atoms with E-state index in [1.165, 1.54) is 18.0 Å². The van der Waals surface area contributed by atoms with Crippen molar-refractivity contribution >= 4 is 23.2 Å². The van der Waals surface area contributed by atoms with Gasteiger partial charge in [0.2, 0.25) is 5.95 Å². The maximum Gasteiger partial charge on any atom is 0.258 e. The number of aromatic nitrogens is 2. The summed E-state index contributed by atoms with van der Waals surface area (Å²) < 4.78 is 5.79. The first-order valence-corrected chi connectivity index (χ1v) is 9.57. The van der Waals surface area contributed by atoms with Crippen molar-refractivity contribution in [3.8, 4) is 5.75 Å². The summed E-state index contributed by atoms with van der Waals surface area (Å²) in [5.74, 6) is 0.873. The van der Waals surface area contributed by atoms with Crippen LogP contribution in [-0.2, 0) is 0 Å². The lowest BCUT2D eigenvalue weighted by molar-refractivity contribution is 0.102. The van der Waals surface area contributed by atoms with Crippen LogP contribution in [0.25, 0.3) is 0 Å². The molecule has 0 aliphatic carbocycles. The molecule has 2 aromatic carbocycles. The third-order valence-electron chi connectivity index (χ3n) is 4.33. The van der Waals surface area contributed by atoms with Gasteiger partial charge in [0.05, 0.1) is 17.4 Å². The number of hydrogen-bond acceptors (Lipinski definition) is 5. The van der Waals surface area contributed by atoms with Crippen LogP contribution in [0, 0.1) is 20.8 Å². The molecule has 150 valence electrons. The van der Waals surface area contributed by atoms with Crippen molar-refractivity contribution in [1.82, 2.24) is 9.97 Å². The van der Waals surface area contributed by atoms with E-state index < -0.39 is 0 Å². The third-order valence-corrected chi connectivity index (χ3v) is 4.33. The molecule has 0 bridgehead atoms. The Morgan fingerprint density at radius 1 is 1.00 bits per heavy atom. The van der Waals surface area contributed by atoms with Crippen molar-refractivity contribution in [2.45, 2.75) is 40.7 Å². The van der Waals surface area contributed by atoms with E-state index in [1.807, 2.05) is 71.0 Å². The first-order chi connectivity index (χ1) is 13.8. The first-order valence-electron chi connectivity index (χ1n) is 9.57. The van der Waals surface area contributed by atoms with Crippen LogP contribution in [-0.4, -0.2) is 22.0 Å². The third kappa shape index (κ3) is 5.10. The van der Waals surface area contributed by atoms with Crippen molar-refractivity contribution in [2.24, 2.45) is 0 Å². The van der Waals surface area contributed by atoms with Crippen LogP contribution in [0.2, 0.25) is 0 Å². The number of carbonyl (C=O) groups excluding carboxylic acids is 1. The lowest BCUT2D eigenvalue weighted by Crippen LogP contribution is -2.15. The highest BCUT2D eigenvalue weighted by molar-refractivity contribution is 6.04. The molecule has 29 heavy (non-hydrogen) atoms. The molecule has 0 radical (unpaired) electrons. The number of nitrogens with one attached hydrogen (secondary N) is 2. The molecule has 1 heterocycles. The molecule has 6 nitrogen and oxygen atoms in total. The molecule has 0 aliphatic heterocycles. The van der Waals surface area contributed by atoms with Gasteiger partial charge in [-0.2, -0.15) is 0 Å². The van der Waals surface area contributed by atoms with Crippen molar-refractivity contribution in [3.05, 3.63) is 71.0 Å². The van der Waals surface area contributed by atoms with E-state index in [1.54, 1.807) is 0 Å². The molecule has 3 rings (SSSR count). The van der Waals surface area contributed by atoms with Crippen LogP contribution in [0.5, 0.6) is 5.75 Å². The Morgan fingerprint density at radius 2 is 1.62 bits per heavy atom. The van der Waals surface area contributed by atoms with E-state index in [-0.39, 0.29) is 12.0 Å². The zero-order valence-electron chi connectivity index (χ0n) is 17.4. The number of rotatable bonds is 6. The van der Waals surface area contributed by atoms with Gasteiger partial charge in [0, 0.05) is 18.1 Å². The molecule has 2 N–H and O–H groups in total. The Balaban J connectivity index is 1.73. The minimum atomic E-state index is -0.241. The molecule has 0 aliphatic rings. The Hall–Kier alpha value is -3.41. The van der Waals surface area contributed by atoms with Crippen LogP contribution >= 0.6 is 0 Å². The van der Waals surface area contributed by atoms with Gasteiger partial charge in [-0.1, -0.05) is 29.8 Å². The van der Waals surface area contributed by atoms with E-state index in [0.29, 0.717) is 11.5 Å². The number of nitrogens with zero attached hydrogens (tertiary/aromatic N) is 2. The molecule has 3 aromatic rings. The van der Waals surface area contributed by atoms with E-state index >= 15 is 0 Å². The predicted octanol–water partition coefficient (Wildman–Crippen LogP) is 5.18. The minimum Gasteiger partial charge on any atom is -0.489 e. The molecule has 0 saturated heterocycles. The van der Waals surface area contributed by atoms with Gasteiger partial charge in [-0.25, -0.2) is 9.97 Å². The van der Waals surface area contributed by atoms with Gasteiger partial charge in [-0.3, -0.25) is 4.79 Å². The fourth-order valence-corrected chi connectivity index (χ4v) is 3.12. The van der Waals surface area contributed by atoms with E-state index in [0.717, 1.165) is 28.3 Å². The van der Waals surface area contributed by atoms with Crippen molar-refractivity contribution in [3.63, 3.8) is 0 Å².